The van der Waals surface area contributed by atoms with E-state index in [0.29, 0.717) is 0 Å². The number of sulfonamides is 1. The SMILES string of the molecule is CC(C)(CNS(=O)(=O)c1ccccc1Cl)/C(N)=N/O. The van der Waals surface area contributed by atoms with Crippen LogP contribution in [0.5, 0.6) is 0 Å². The molecule has 4 N–H and O–H groups in total. The minimum absolute atomic E-state index is 0.00743. The number of nitrogens with two attached hydrogens (primary N) is 1. The maximum atomic E-state index is 12.1. The van der Waals surface area contributed by atoms with E-state index >= 15 is 0 Å². The zero-order valence-electron chi connectivity index (χ0n) is 10.6. The second-order valence-corrected chi connectivity index (χ2v) is 6.77. The molecule has 0 atom stereocenters. The summed E-state index contributed by atoms with van der Waals surface area (Å²) in [7, 11) is -3.74. The van der Waals surface area contributed by atoms with Crippen molar-refractivity contribution in [2.75, 3.05) is 6.54 Å². The lowest BCUT2D eigenvalue weighted by atomic mass is 9.93. The third-order valence-corrected chi connectivity index (χ3v) is 4.53. The smallest absolute Gasteiger partial charge is 0.242 e. The van der Waals surface area contributed by atoms with Crippen molar-refractivity contribution >= 4 is 27.5 Å². The van der Waals surface area contributed by atoms with Crippen LogP contribution in [0.3, 0.4) is 0 Å². The topological polar surface area (TPSA) is 105 Å². The van der Waals surface area contributed by atoms with E-state index < -0.39 is 15.4 Å². The van der Waals surface area contributed by atoms with Gasteiger partial charge in [-0.05, 0) is 12.1 Å². The highest BCUT2D eigenvalue weighted by molar-refractivity contribution is 7.89. The highest BCUT2D eigenvalue weighted by Gasteiger charge is 2.27. The molecular weight excluding hydrogens is 290 g/mol. The summed E-state index contributed by atoms with van der Waals surface area (Å²) in [4.78, 5) is -0.00743. The average molecular weight is 306 g/mol. The number of nitrogens with zero attached hydrogens (tertiary/aromatic N) is 1. The minimum atomic E-state index is -3.74. The number of hydrogen-bond donors (Lipinski definition) is 3. The first-order valence-corrected chi connectivity index (χ1v) is 7.29. The van der Waals surface area contributed by atoms with Crippen molar-refractivity contribution in [2.24, 2.45) is 16.3 Å². The van der Waals surface area contributed by atoms with Crippen LogP contribution in [-0.2, 0) is 10.0 Å². The largest absolute Gasteiger partial charge is 0.409 e. The first kappa shape index (κ1) is 15.7. The molecule has 0 fully saturated rings. The van der Waals surface area contributed by atoms with Gasteiger partial charge in [0, 0.05) is 12.0 Å². The molecule has 0 aromatic heterocycles. The maximum Gasteiger partial charge on any atom is 0.242 e. The molecule has 0 amide bonds. The van der Waals surface area contributed by atoms with Crippen molar-refractivity contribution in [3.63, 3.8) is 0 Å². The zero-order valence-corrected chi connectivity index (χ0v) is 12.2. The molecule has 0 aliphatic heterocycles. The lowest BCUT2D eigenvalue weighted by Gasteiger charge is -2.23. The molecular formula is C11H16ClN3O3S. The van der Waals surface area contributed by atoms with Gasteiger partial charge in [0.05, 0.1) is 5.02 Å². The summed E-state index contributed by atoms with van der Waals surface area (Å²) in [6.45, 7) is 3.28. The summed E-state index contributed by atoms with van der Waals surface area (Å²) in [5.41, 5.74) is 4.67. The van der Waals surface area contributed by atoms with Crippen molar-refractivity contribution in [3.05, 3.63) is 29.3 Å². The van der Waals surface area contributed by atoms with Crippen molar-refractivity contribution in [1.29, 1.82) is 0 Å². The summed E-state index contributed by atoms with van der Waals surface area (Å²) < 4.78 is 26.5. The molecule has 0 saturated carbocycles. The van der Waals surface area contributed by atoms with Crippen molar-refractivity contribution in [1.82, 2.24) is 4.72 Å². The fraction of sp³-hybridized carbons (Fsp3) is 0.364. The molecule has 19 heavy (non-hydrogen) atoms. The van der Waals surface area contributed by atoms with E-state index in [1.54, 1.807) is 26.0 Å². The molecule has 1 rings (SSSR count). The Morgan fingerprint density at radius 2 is 2.05 bits per heavy atom. The number of amidine groups is 1. The Morgan fingerprint density at radius 3 is 2.58 bits per heavy atom. The van der Waals surface area contributed by atoms with Crippen molar-refractivity contribution < 1.29 is 13.6 Å². The summed E-state index contributed by atoms with van der Waals surface area (Å²) in [6.07, 6.45) is 0. The molecule has 0 aliphatic carbocycles. The van der Waals surface area contributed by atoms with Crippen molar-refractivity contribution in [3.8, 4) is 0 Å². The van der Waals surface area contributed by atoms with Crippen LogP contribution in [0.25, 0.3) is 0 Å². The maximum absolute atomic E-state index is 12.1. The van der Waals surface area contributed by atoms with Gasteiger partial charge in [-0.3, -0.25) is 0 Å². The van der Waals surface area contributed by atoms with Gasteiger partial charge < -0.3 is 10.9 Å². The number of hydrogen-bond acceptors (Lipinski definition) is 4. The van der Waals surface area contributed by atoms with Gasteiger partial charge in [-0.25, -0.2) is 13.1 Å². The molecule has 106 valence electrons. The fourth-order valence-corrected chi connectivity index (χ4v) is 2.97. The molecule has 0 unspecified atom stereocenters. The molecule has 0 radical (unpaired) electrons. The second kappa shape index (κ2) is 5.77. The third kappa shape index (κ3) is 3.82. The Hall–Kier alpha value is -1.31. The van der Waals surface area contributed by atoms with Crippen LogP contribution in [-0.4, -0.2) is 26.0 Å². The summed E-state index contributed by atoms with van der Waals surface area (Å²) in [5.74, 6) is -0.0608. The molecule has 0 spiro atoms. The van der Waals surface area contributed by atoms with Crippen LogP contribution in [0.15, 0.2) is 34.3 Å². The molecule has 1 aromatic rings. The Morgan fingerprint density at radius 1 is 1.47 bits per heavy atom. The first-order chi connectivity index (χ1) is 8.70. The van der Waals surface area contributed by atoms with Gasteiger partial charge in [0.2, 0.25) is 10.0 Å². The Balaban J connectivity index is 2.92. The van der Waals surface area contributed by atoms with E-state index in [9.17, 15) is 8.42 Å². The van der Waals surface area contributed by atoms with E-state index in [4.69, 9.17) is 22.5 Å². The highest BCUT2D eigenvalue weighted by atomic mass is 35.5. The highest BCUT2D eigenvalue weighted by Crippen LogP contribution is 2.21. The summed E-state index contributed by atoms with van der Waals surface area (Å²) in [6, 6.07) is 6.11. The minimum Gasteiger partial charge on any atom is -0.409 e. The Bertz CT molecular complexity index is 585. The number of halogens is 1. The summed E-state index contributed by atoms with van der Waals surface area (Å²) >= 11 is 5.84. The zero-order chi connectivity index (χ0) is 14.7. The first-order valence-electron chi connectivity index (χ1n) is 5.43. The normalized spacial score (nSPS) is 13.5. The van der Waals surface area contributed by atoms with Crippen LogP contribution in [0.2, 0.25) is 5.02 Å². The third-order valence-electron chi connectivity index (χ3n) is 2.63. The second-order valence-electron chi connectivity index (χ2n) is 4.62. The lowest BCUT2D eigenvalue weighted by Crippen LogP contribution is -2.42. The van der Waals surface area contributed by atoms with Crippen LogP contribution in [0.4, 0.5) is 0 Å². The molecule has 6 nitrogen and oxygen atoms in total. The van der Waals surface area contributed by atoms with Crippen LogP contribution >= 0.6 is 11.6 Å². The van der Waals surface area contributed by atoms with Gasteiger partial charge in [-0.15, -0.1) is 0 Å². The number of nitrogens with one attached hydrogen (secondary N) is 1. The predicted octanol–water partition coefficient (Wildman–Crippen LogP) is 1.39. The number of oxime groups is 1. The van der Waals surface area contributed by atoms with Gasteiger partial charge in [0.25, 0.3) is 0 Å². The Kier molecular flexibility index (Phi) is 4.78. The van der Waals surface area contributed by atoms with Gasteiger partial charge in [0.15, 0.2) is 0 Å². The van der Waals surface area contributed by atoms with E-state index in [0.717, 1.165) is 0 Å². The van der Waals surface area contributed by atoms with Gasteiger partial charge in [0.1, 0.15) is 10.7 Å². The average Bonchev–Trinajstić information content (AvgIpc) is 2.36. The molecule has 8 heteroatoms. The molecule has 0 aliphatic rings. The number of benzene rings is 1. The lowest BCUT2D eigenvalue weighted by molar-refractivity contribution is 0.307. The van der Waals surface area contributed by atoms with E-state index in [-0.39, 0.29) is 22.3 Å². The standard InChI is InChI=1S/C11H16ClN3O3S/c1-11(2,10(13)15-16)7-14-19(17,18)9-6-4-3-5-8(9)12/h3-6,14,16H,7H2,1-2H3,(H2,13,15). The van der Waals surface area contributed by atoms with Crippen LogP contribution in [0.1, 0.15) is 13.8 Å². The molecule has 0 saturated heterocycles. The Labute approximate surface area is 117 Å². The van der Waals surface area contributed by atoms with Crippen LogP contribution < -0.4 is 10.5 Å². The summed E-state index contributed by atoms with van der Waals surface area (Å²) in [5, 5.41) is 11.6. The van der Waals surface area contributed by atoms with E-state index in [1.807, 2.05) is 0 Å². The molecule has 0 bridgehead atoms. The van der Waals surface area contributed by atoms with Crippen LogP contribution in [0, 0.1) is 5.41 Å². The monoisotopic (exact) mass is 305 g/mol. The predicted molar refractivity (Wildman–Crippen MR) is 73.8 cm³/mol. The van der Waals surface area contributed by atoms with Gasteiger partial charge >= 0.3 is 0 Å². The van der Waals surface area contributed by atoms with E-state index in [2.05, 4.69) is 9.88 Å². The van der Waals surface area contributed by atoms with Gasteiger partial charge in [-0.1, -0.05) is 42.7 Å². The molecule has 1 aromatic carbocycles. The van der Waals surface area contributed by atoms with Crippen molar-refractivity contribution in [2.45, 2.75) is 18.7 Å². The van der Waals surface area contributed by atoms with E-state index in [1.165, 1.54) is 12.1 Å². The molecule has 0 heterocycles. The number of rotatable bonds is 5. The van der Waals surface area contributed by atoms with Gasteiger partial charge in [-0.2, -0.15) is 0 Å². The quantitative estimate of drug-likeness (QED) is 0.331. The fourth-order valence-electron chi connectivity index (χ4n) is 1.24.